The summed E-state index contributed by atoms with van der Waals surface area (Å²) in [7, 11) is 3.25. The first-order chi connectivity index (χ1) is 14.0. The Labute approximate surface area is 193 Å². The summed E-state index contributed by atoms with van der Waals surface area (Å²) in [6.07, 6.45) is 0.136. The number of aliphatic imine (C=N–C) groups is 1. The lowest BCUT2D eigenvalue weighted by Crippen LogP contribution is -2.38. The minimum Gasteiger partial charge on any atom is -0.493 e. The van der Waals surface area contributed by atoms with Gasteiger partial charge in [-0.05, 0) is 36.8 Å². The SMILES string of the molecule is CCOc1cc(NC(=NC)NCCNC(=O)Cc2cccc(F)c2)ccc1OC.I. The number of guanidine groups is 1. The van der Waals surface area contributed by atoms with Crippen molar-refractivity contribution in [2.45, 2.75) is 13.3 Å². The Morgan fingerprint density at radius 3 is 2.53 bits per heavy atom. The maximum absolute atomic E-state index is 13.2. The first-order valence-corrected chi connectivity index (χ1v) is 9.35. The topological polar surface area (TPSA) is 84.0 Å². The Hall–Kier alpha value is -2.56. The molecule has 0 bridgehead atoms. The van der Waals surface area contributed by atoms with Crippen LogP contribution < -0.4 is 25.4 Å². The van der Waals surface area contributed by atoms with E-state index in [-0.39, 0.29) is 42.1 Å². The van der Waals surface area contributed by atoms with Crippen molar-refractivity contribution in [3.63, 3.8) is 0 Å². The quantitative estimate of drug-likeness (QED) is 0.201. The Kier molecular flexibility index (Phi) is 11.6. The first kappa shape index (κ1) is 25.5. The molecule has 9 heteroatoms. The van der Waals surface area contributed by atoms with Crippen LogP contribution in [0.1, 0.15) is 12.5 Å². The highest BCUT2D eigenvalue weighted by molar-refractivity contribution is 14.0. The summed E-state index contributed by atoms with van der Waals surface area (Å²) in [6, 6.07) is 11.5. The molecule has 0 aromatic heterocycles. The van der Waals surface area contributed by atoms with Crippen molar-refractivity contribution in [1.82, 2.24) is 10.6 Å². The van der Waals surface area contributed by atoms with E-state index < -0.39 is 0 Å². The number of amides is 1. The van der Waals surface area contributed by atoms with Crippen molar-refractivity contribution < 1.29 is 18.7 Å². The van der Waals surface area contributed by atoms with E-state index in [2.05, 4.69) is 20.9 Å². The van der Waals surface area contributed by atoms with E-state index in [4.69, 9.17) is 9.47 Å². The molecule has 0 aliphatic carbocycles. The molecular formula is C21H28FIN4O3. The number of hydrogen-bond donors (Lipinski definition) is 3. The number of rotatable bonds is 9. The maximum atomic E-state index is 13.2. The van der Waals surface area contributed by atoms with Crippen LogP contribution in [0.2, 0.25) is 0 Å². The second-order valence-corrected chi connectivity index (χ2v) is 6.08. The average molecular weight is 530 g/mol. The van der Waals surface area contributed by atoms with Gasteiger partial charge in [0.2, 0.25) is 5.91 Å². The summed E-state index contributed by atoms with van der Waals surface area (Å²) in [6.45, 7) is 3.31. The van der Waals surface area contributed by atoms with Crippen LogP contribution in [0, 0.1) is 5.82 Å². The Bertz CT molecular complexity index is 849. The third kappa shape index (κ3) is 8.44. The van der Waals surface area contributed by atoms with Gasteiger partial charge in [0, 0.05) is 31.9 Å². The molecule has 164 valence electrons. The van der Waals surface area contributed by atoms with Crippen molar-refractivity contribution in [1.29, 1.82) is 0 Å². The molecule has 0 atom stereocenters. The molecule has 3 N–H and O–H groups in total. The lowest BCUT2D eigenvalue weighted by molar-refractivity contribution is -0.120. The summed E-state index contributed by atoms with van der Waals surface area (Å²) in [4.78, 5) is 16.1. The van der Waals surface area contributed by atoms with Gasteiger partial charge in [-0.2, -0.15) is 0 Å². The second kappa shape index (κ2) is 13.6. The zero-order valence-electron chi connectivity index (χ0n) is 17.3. The number of carbonyl (C=O) groups is 1. The molecule has 30 heavy (non-hydrogen) atoms. The largest absolute Gasteiger partial charge is 0.493 e. The Morgan fingerprint density at radius 2 is 1.87 bits per heavy atom. The van der Waals surface area contributed by atoms with Gasteiger partial charge in [0.1, 0.15) is 5.82 Å². The smallest absolute Gasteiger partial charge is 0.224 e. The van der Waals surface area contributed by atoms with Gasteiger partial charge in [-0.1, -0.05) is 12.1 Å². The van der Waals surface area contributed by atoms with Crippen molar-refractivity contribution in [3.05, 3.63) is 53.8 Å². The van der Waals surface area contributed by atoms with Crippen LogP contribution in [0.25, 0.3) is 0 Å². The monoisotopic (exact) mass is 530 g/mol. The zero-order valence-corrected chi connectivity index (χ0v) is 19.7. The van der Waals surface area contributed by atoms with Gasteiger partial charge in [0.05, 0.1) is 20.1 Å². The number of benzene rings is 2. The fourth-order valence-electron chi connectivity index (χ4n) is 2.62. The Morgan fingerprint density at radius 1 is 1.10 bits per heavy atom. The molecule has 0 fully saturated rings. The molecule has 0 aliphatic rings. The summed E-state index contributed by atoms with van der Waals surface area (Å²) in [5.41, 5.74) is 1.43. The molecule has 2 aromatic carbocycles. The van der Waals surface area contributed by atoms with Crippen molar-refractivity contribution in [2.24, 2.45) is 4.99 Å². The molecule has 0 radical (unpaired) electrons. The van der Waals surface area contributed by atoms with Crippen LogP contribution >= 0.6 is 24.0 Å². The number of nitrogens with one attached hydrogen (secondary N) is 3. The fourth-order valence-corrected chi connectivity index (χ4v) is 2.62. The third-order valence-electron chi connectivity index (χ3n) is 3.94. The number of nitrogens with zero attached hydrogens (tertiary/aromatic N) is 1. The summed E-state index contributed by atoms with van der Waals surface area (Å²) in [5, 5.41) is 9.07. The van der Waals surface area contributed by atoms with E-state index in [0.717, 1.165) is 5.69 Å². The highest BCUT2D eigenvalue weighted by Gasteiger charge is 2.07. The molecule has 0 unspecified atom stereocenters. The fraction of sp³-hybridized carbons (Fsp3) is 0.333. The van der Waals surface area contributed by atoms with E-state index in [1.165, 1.54) is 12.1 Å². The lowest BCUT2D eigenvalue weighted by atomic mass is 10.1. The molecular weight excluding hydrogens is 502 g/mol. The summed E-state index contributed by atoms with van der Waals surface area (Å²) in [5.74, 6) is 1.33. The number of ether oxygens (including phenoxy) is 2. The number of methoxy groups -OCH3 is 1. The van der Waals surface area contributed by atoms with E-state index in [0.29, 0.717) is 42.7 Å². The molecule has 0 saturated heterocycles. The number of halogens is 2. The van der Waals surface area contributed by atoms with Gasteiger partial charge in [-0.3, -0.25) is 9.79 Å². The predicted octanol–water partition coefficient (Wildman–Crippen LogP) is 3.20. The van der Waals surface area contributed by atoms with Gasteiger partial charge in [0.15, 0.2) is 17.5 Å². The van der Waals surface area contributed by atoms with E-state index in [1.807, 2.05) is 25.1 Å². The normalized spacial score (nSPS) is 10.6. The van der Waals surface area contributed by atoms with Crippen LogP contribution in [0.4, 0.5) is 10.1 Å². The van der Waals surface area contributed by atoms with E-state index >= 15 is 0 Å². The molecule has 2 rings (SSSR count). The van der Waals surface area contributed by atoms with E-state index in [9.17, 15) is 9.18 Å². The van der Waals surface area contributed by atoms with Crippen molar-refractivity contribution >= 4 is 41.5 Å². The van der Waals surface area contributed by atoms with Gasteiger partial charge in [-0.15, -0.1) is 24.0 Å². The minimum absolute atomic E-state index is 0. The van der Waals surface area contributed by atoms with E-state index in [1.54, 1.807) is 26.3 Å². The van der Waals surface area contributed by atoms with Gasteiger partial charge < -0.3 is 25.4 Å². The molecule has 0 heterocycles. The van der Waals surface area contributed by atoms with Crippen LogP contribution in [0.3, 0.4) is 0 Å². The summed E-state index contributed by atoms with van der Waals surface area (Å²) < 4.78 is 24.0. The van der Waals surface area contributed by atoms with Crippen LogP contribution in [-0.2, 0) is 11.2 Å². The predicted molar refractivity (Wildman–Crippen MR) is 128 cm³/mol. The van der Waals surface area contributed by atoms with Crippen LogP contribution in [0.5, 0.6) is 11.5 Å². The third-order valence-corrected chi connectivity index (χ3v) is 3.94. The number of hydrogen-bond acceptors (Lipinski definition) is 4. The molecule has 0 saturated carbocycles. The second-order valence-electron chi connectivity index (χ2n) is 6.08. The van der Waals surface area contributed by atoms with Crippen molar-refractivity contribution in [2.75, 3.05) is 39.2 Å². The average Bonchev–Trinajstić information content (AvgIpc) is 2.70. The lowest BCUT2D eigenvalue weighted by Gasteiger charge is -2.15. The molecule has 2 aromatic rings. The van der Waals surface area contributed by atoms with Gasteiger partial charge >= 0.3 is 0 Å². The standard InChI is InChI=1S/C21H27FN4O3.HI/c1-4-29-19-14-17(8-9-18(19)28-3)26-21(23-2)25-11-10-24-20(27)13-15-6-5-7-16(22)12-15;/h5-9,12,14H,4,10-11,13H2,1-3H3,(H,24,27)(H2,23,25,26);1H. The Balaban J connectivity index is 0.00000450. The van der Waals surface area contributed by atoms with Crippen molar-refractivity contribution in [3.8, 4) is 11.5 Å². The maximum Gasteiger partial charge on any atom is 0.224 e. The molecule has 0 spiro atoms. The zero-order chi connectivity index (χ0) is 21.1. The molecule has 7 nitrogen and oxygen atoms in total. The van der Waals surface area contributed by atoms with Gasteiger partial charge in [0.25, 0.3) is 0 Å². The molecule has 0 aliphatic heterocycles. The molecule has 1 amide bonds. The van der Waals surface area contributed by atoms with Crippen LogP contribution in [-0.4, -0.2) is 45.7 Å². The van der Waals surface area contributed by atoms with Gasteiger partial charge in [-0.25, -0.2) is 4.39 Å². The highest BCUT2D eigenvalue weighted by atomic mass is 127. The number of anilines is 1. The highest BCUT2D eigenvalue weighted by Crippen LogP contribution is 2.30. The summed E-state index contributed by atoms with van der Waals surface area (Å²) >= 11 is 0. The first-order valence-electron chi connectivity index (χ1n) is 9.35. The van der Waals surface area contributed by atoms with Crippen LogP contribution in [0.15, 0.2) is 47.5 Å². The number of carbonyl (C=O) groups excluding carboxylic acids is 1. The minimum atomic E-state index is -0.349.